The number of hydrogen-bond acceptors (Lipinski definition) is 6. The summed E-state index contributed by atoms with van der Waals surface area (Å²) in [5, 5.41) is 16.6. The zero-order valence-corrected chi connectivity index (χ0v) is 16.5. The molecule has 3 N–H and O–H groups in total. The number of rotatable bonds is 2. The molecule has 2 atom stereocenters. The van der Waals surface area contributed by atoms with Crippen LogP contribution in [0.25, 0.3) is 0 Å². The lowest BCUT2D eigenvalue weighted by Crippen LogP contribution is -2.32. The molecule has 0 spiro atoms. The Labute approximate surface area is 168 Å². The summed E-state index contributed by atoms with van der Waals surface area (Å²) < 4.78 is 0. The van der Waals surface area contributed by atoms with Crippen LogP contribution in [0.4, 0.5) is 17.3 Å². The molecule has 2 bridgehead atoms. The number of aliphatic hydroxyl groups excluding tert-OH is 1. The van der Waals surface area contributed by atoms with Crippen LogP contribution in [-0.2, 0) is 6.42 Å². The van der Waals surface area contributed by atoms with Gasteiger partial charge in [0.25, 0.3) is 0 Å². The van der Waals surface area contributed by atoms with E-state index >= 15 is 0 Å². The lowest BCUT2D eigenvalue weighted by molar-refractivity contribution is 0.276. The van der Waals surface area contributed by atoms with E-state index in [4.69, 9.17) is 28.3 Å². The van der Waals surface area contributed by atoms with Gasteiger partial charge in [-0.15, -0.1) is 0 Å². The highest BCUT2D eigenvalue weighted by molar-refractivity contribution is 6.29. The van der Waals surface area contributed by atoms with Gasteiger partial charge in [-0.25, -0.2) is 9.97 Å². The first-order valence-electron chi connectivity index (χ1n) is 9.33. The molecule has 3 aliphatic rings. The number of pyridine rings is 2. The molecule has 2 aromatic heterocycles. The van der Waals surface area contributed by atoms with Crippen molar-refractivity contribution in [2.24, 2.45) is 0 Å². The van der Waals surface area contributed by atoms with E-state index in [1.54, 1.807) is 0 Å². The molecule has 1 saturated heterocycles. The summed E-state index contributed by atoms with van der Waals surface area (Å²) in [7, 11) is 0. The molecule has 1 fully saturated rings. The second kappa shape index (κ2) is 8.09. The first kappa shape index (κ1) is 18.6. The Balaban J connectivity index is 0.000000134. The normalized spacial score (nSPS) is 22.0. The van der Waals surface area contributed by atoms with Crippen molar-refractivity contribution < 1.29 is 5.11 Å². The molecule has 3 aliphatic heterocycles. The van der Waals surface area contributed by atoms with E-state index in [1.807, 2.05) is 24.3 Å². The summed E-state index contributed by atoms with van der Waals surface area (Å²) in [6.07, 6.45) is 4.04. The summed E-state index contributed by atoms with van der Waals surface area (Å²) in [4.78, 5) is 10.8. The Kier molecular flexibility index (Phi) is 5.57. The number of nitrogens with one attached hydrogen (secondary N) is 2. The number of aryl methyl sites for hydroxylation is 1. The Hall–Kier alpha value is -1.76. The molecule has 0 amide bonds. The molecule has 2 aromatic rings. The van der Waals surface area contributed by atoms with Crippen LogP contribution in [0.1, 0.15) is 24.8 Å². The van der Waals surface area contributed by atoms with Crippen molar-refractivity contribution in [3.05, 3.63) is 40.1 Å². The second-order valence-corrected chi connectivity index (χ2v) is 7.89. The highest BCUT2D eigenvalue weighted by atomic mass is 35.5. The summed E-state index contributed by atoms with van der Waals surface area (Å²) >= 11 is 11.6. The van der Waals surface area contributed by atoms with Gasteiger partial charge < -0.3 is 20.6 Å². The van der Waals surface area contributed by atoms with E-state index in [0.29, 0.717) is 22.4 Å². The SMILES string of the molecule is Clc1ccc2c(n1)N[C@@H]1CCN2C1.OCC[C@@H]1CCc2ccc(Cl)nc2N1. The highest BCUT2D eigenvalue weighted by Gasteiger charge is 2.30. The molecule has 0 saturated carbocycles. The van der Waals surface area contributed by atoms with E-state index in [0.717, 1.165) is 44.0 Å². The van der Waals surface area contributed by atoms with Gasteiger partial charge in [-0.3, -0.25) is 0 Å². The van der Waals surface area contributed by atoms with Crippen LogP contribution in [0.2, 0.25) is 10.3 Å². The average molecular weight is 408 g/mol. The molecule has 0 aromatic carbocycles. The predicted molar refractivity (Wildman–Crippen MR) is 110 cm³/mol. The molecule has 6 nitrogen and oxygen atoms in total. The lowest BCUT2D eigenvalue weighted by Gasteiger charge is -2.27. The number of aliphatic hydroxyl groups is 1. The minimum Gasteiger partial charge on any atom is -0.396 e. The Bertz CT molecular complexity index is 819. The van der Waals surface area contributed by atoms with Gasteiger partial charge in [0.1, 0.15) is 16.1 Å². The van der Waals surface area contributed by atoms with Crippen LogP contribution < -0.4 is 15.5 Å². The van der Waals surface area contributed by atoms with Gasteiger partial charge in [-0.05, 0) is 49.4 Å². The van der Waals surface area contributed by atoms with Crippen LogP contribution in [0.5, 0.6) is 0 Å². The van der Waals surface area contributed by atoms with Crippen molar-refractivity contribution in [3.8, 4) is 0 Å². The fourth-order valence-electron chi connectivity index (χ4n) is 3.84. The third kappa shape index (κ3) is 4.23. The topological polar surface area (TPSA) is 73.3 Å². The fourth-order valence-corrected chi connectivity index (χ4v) is 4.13. The first-order valence-corrected chi connectivity index (χ1v) is 10.1. The van der Waals surface area contributed by atoms with E-state index in [1.165, 1.54) is 17.7 Å². The standard InChI is InChI=1S/C10H13ClN2O.C9H10ClN3/c11-9-4-2-7-1-3-8(5-6-14)12-10(7)13-9;10-8-2-1-7-9(12-8)11-6-3-4-13(7)5-6/h2,4,8,14H,1,3,5-6H2,(H,12,13);1-2,6H,3-5H2,(H,11,12)/t8-;6-/m01/s1. The number of halogens is 2. The second-order valence-electron chi connectivity index (χ2n) is 7.11. The van der Waals surface area contributed by atoms with E-state index in [9.17, 15) is 0 Å². The van der Waals surface area contributed by atoms with Crippen LogP contribution in [0.3, 0.4) is 0 Å². The van der Waals surface area contributed by atoms with Gasteiger partial charge in [0.15, 0.2) is 5.82 Å². The van der Waals surface area contributed by atoms with Crippen molar-refractivity contribution in [1.82, 2.24) is 9.97 Å². The van der Waals surface area contributed by atoms with Gasteiger partial charge in [-0.1, -0.05) is 29.3 Å². The average Bonchev–Trinajstić information content (AvgIpc) is 3.04. The van der Waals surface area contributed by atoms with Gasteiger partial charge in [0.05, 0.1) is 5.69 Å². The van der Waals surface area contributed by atoms with Crippen molar-refractivity contribution in [2.45, 2.75) is 37.8 Å². The number of aromatic nitrogens is 2. The van der Waals surface area contributed by atoms with Crippen molar-refractivity contribution in [3.63, 3.8) is 0 Å². The largest absolute Gasteiger partial charge is 0.396 e. The van der Waals surface area contributed by atoms with Crippen LogP contribution in [0, 0.1) is 0 Å². The van der Waals surface area contributed by atoms with Gasteiger partial charge >= 0.3 is 0 Å². The van der Waals surface area contributed by atoms with Crippen molar-refractivity contribution >= 4 is 40.5 Å². The minimum atomic E-state index is 0.216. The van der Waals surface area contributed by atoms with Gasteiger partial charge in [-0.2, -0.15) is 0 Å². The first-order chi connectivity index (χ1) is 13.1. The smallest absolute Gasteiger partial charge is 0.151 e. The maximum atomic E-state index is 8.83. The Morgan fingerprint density at radius 1 is 1.04 bits per heavy atom. The third-order valence-electron chi connectivity index (χ3n) is 5.24. The number of nitrogens with zero attached hydrogens (tertiary/aromatic N) is 3. The summed E-state index contributed by atoms with van der Waals surface area (Å²) in [6.45, 7) is 2.46. The molecule has 5 rings (SSSR count). The van der Waals surface area contributed by atoms with E-state index in [2.05, 4.69) is 25.5 Å². The molecule has 144 valence electrons. The molecule has 5 heterocycles. The molecule has 0 unspecified atom stereocenters. The minimum absolute atomic E-state index is 0.216. The summed E-state index contributed by atoms with van der Waals surface area (Å²) in [5.74, 6) is 1.82. The molecular formula is C19H23Cl2N5O. The van der Waals surface area contributed by atoms with Crippen molar-refractivity contribution in [1.29, 1.82) is 0 Å². The zero-order chi connectivity index (χ0) is 18.8. The van der Waals surface area contributed by atoms with Gasteiger partial charge in [0, 0.05) is 31.8 Å². The predicted octanol–water partition coefficient (Wildman–Crippen LogP) is 3.58. The monoisotopic (exact) mass is 407 g/mol. The number of fused-ring (bicyclic) bond motifs is 5. The van der Waals surface area contributed by atoms with Gasteiger partial charge in [0.2, 0.25) is 0 Å². The number of anilines is 3. The van der Waals surface area contributed by atoms with Crippen LogP contribution >= 0.6 is 23.2 Å². The third-order valence-corrected chi connectivity index (χ3v) is 5.66. The molecular weight excluding hydrogens is 385 g/mol. The quantitative estimate of drug-likeness (QED) is 0.660. The molecule has 0 aliphatic carbocycles. The fraction of sp³-hybridized carbons (Fsp3) is 0.474. The molecule has 0 radical (unpaired) electrons. The maximum absolute atomic E-state index is 8.83. The zero-order valence-electron chi connectivity index (χ0n) is 15.0. The maximum Gasteiger partial charge on any atom is 0.151 e. The van der Waals surface area contributed by atoms with E-state index < -0.39 is 0 Å². The lowest BCUT2D eigenvalue weighted by atomic mass is 9.99. The van der Waals surface area contributed by atoms with E-state index in [-0.39, 0.29) is 6.61 Å². The number of hydrogen-bond donors (Lipinski definition) is 3. The Morgan fingerprint density at radius 2 is 1.81 bits per heavy atom. The highest BCUT2D eigenvalue weighted by Crippen LogP contribution is 2.34. The van der Waals surface area contributed by atoms with Crippen LogP contribution in [-0.4, -0.2) is 46.9 Å². The van der Waals surface area contributed by atoms with Crippen LogP contribution in [0.15, 0.2) is 24.3 Å². The Morgan fingerprint density at radius 3 is 2.63 bits per heavy atom. The summed E-state index contributed by atoms with van der Waals surface area (Å²) in [6, 6.07) is 8.61. The molecule has 8 heteroatoms. The molecule has 27 heavy (non-hydrogen) atoms. The summed E-state index contributed by atoms with van der Waals surface area (Å²) in [5.41, 5.74) is 2.40. The van der Waals surface area contributed by atoms with Crippen molar-refractivity contribution in [2.75, 3.05) is 35.2 Å².